The number of guanidine groups is 1. The number of aromatic nitrogens is 2. The van der Waals surface area contributed by atoms with Gasteiger partial charge in [0.05, 0.1) is 10.7 Å². The minimum atomic E-state index is 0.327. The maximum Gasteiger partial charge on any atom is 0.213 e. The molecular weight excluding hydrogens is 358 g/mol. The highest BCUT2D eigenvalue weighted by Crippen LogP contribution is 2.23. The topological polar surface area (TPSA) is 71.4 Å². The first kappa shape index (κ1) is 19.6. The lowest BCUT2D eigenvalue weighted by atomic mass is 10.2. The second kappa shape index (κ2) is 9.69. The normalized spacial score (nSPS) is 15.1. The van der Waals surface area contributed by atoms with E-state index in [1.807, 2.05) is 18.3 Å². The molecule has 0 spiro atoms. The van der Waals surface area contributed by atoms with Crippen molar-refractivity contribution >= 4 is 17.3 Å². The van der Waals surface area contributed by atoms with Gasteiger partial charge in [-0.3, -0.25) is 4.99 Å². The number of ether oxygens (including phenoxy) is 1. The summed E-state index contributed by atoms with van der Waals surface area (Å²) < 4.78 is 5.98. The summed E-state index contributed by atoms with van der Waals surface area (Å²) in [6.45, 7) is 5.66. The molecule has 1 aliphatic rings. The van der Waals surface area contributed by atoms with E-state index in [1.54, 1.807) is 18.4 Å². The average molecular weight is 388 g/mol. The van der Waals surface area contributed by atoms with E-state index < -0.39 is 0 Å². The van der Waals surface area contributed by atoms with Crippen LogP contribution < -0.4 is 15.4 Å². The number of nitrogens with one attached hydrogen (secondary N) is 2. The molecule has 0 atom stereocenters. The Morgan fingerprint density at radius 2 is 2.11 bits per heavy atom. The highest BCUT2D eigenvalue weighted by atomic mass is 32.1. The highest BCUT2D eigenvalue weighted by molar-refractivity contribution is 7.11. The number of pyridine rings is 1. The van der Waals surface area contributed by atoms with Crippen LogP contribution in [0.25, 0.3) is 0 Å². The van der Waals surface area contributed by atoms with Crippen molar-refractivity contribution in [3.8, 4) is 5.88 Å². The molecule has 0 radical (unpaired) electrons. The molecule has 1 fully saturated rings. The number of hydrogen-bond donors (Lipinski definition) is 2. The van der Waals surface area contributed by atoms with Crippen molar-refractivity contribution in [2.24, 2.45) is 4.99 Å². The fourth-order valence-electron chi connectivity index (χ4n) is 3.14. The number of hydrogen-bond acceptors (Lipinski definition) is 5. The molecule has 7 heteroatoms. The molecule has 2 aromatic heterocycles. The predicted molar refractivity (Wildman–Crippen MR) is 111 cm³/mol. The van der Waals surface area contributed by atoms with Gasteiger partial charge in [-0.05, 0) is 51.2 Å². The van der Waals surface area contributed by atoms with Crippen molar-refractivity contribution in [2.75, 3.05) is 13.6 Å². The van der Waals surface area contributed by atoms with Crippen LogP contribution in [0.1, 0.15) is 46.8 Å². The zero-order chi connectivity index (χ0) is 19.1. The second-order valence-electron chi connectivity index (χ2n) is 6.88. The van der Waals surface area contributed by atoms with Gasteiger partial charge in [0.15, 0.2) is 5.96 Å². The minimum absolute atomic E-state index is 0.327. The van der Waals surface area contributed by atoms with E-state index in [0.29, 0.717) is 12.6 Å². The summed E-state index contributed by atoms with van der Waals surface area (Å²) in [6.07, 6.45) is 7.83. The van der Waals surface area contributed by atoms with Crippen molar-refractivity contribution in [2.45, 2.75) is 58.6 Å². The second-order valence-corrected chi connectivity index (χ2v) is 8.17. The summed E-state index contributed by atoms with van der Waals surface area (Å²) in [6, 6.07) is 4.02. The number of nitrogens with zero attached hydrogens (tertiary/aromatic N) is 3. The summed E-state index contributed by atoms with van der Waals surface area (Å²) in [4.78, 5) is 14.5. The molecule has 1 aliphatic carbocycles. The Bertz CT molecular complexity index is 748. The fourth-order valence-corrected chi connectivity index (χ4v) is 4.08. The Morgan fingerprint density at radius 1 is 1.30 bits per heavy atom. The summed E-state index contributed by atoms with van der Waals surface area (Å²) in [7, 11) is 1.79. The first-order valence-corrected chi connectivity index (χ1v) is 10.4. The molecule has 0 bridgehead atoms. The highest BCUT2D eigenvalue weighted by Gasteiger charge is 2.17. The molecule has 2 aromatic rings. The smallest absolute Gasteiger partial charge is 0.213 e. The van der Waals surface area contributed by atoms with Crippen LogP contribution in [-0.4, -0.2) is 35.6 Å². The Labute approximate surface area is 165 Å². The van der Waals surface area contributed by atoms with E-state index in [-0.39, 0.29) is 0 Å². The third-order valence-corrected chi connectivity index (χ3v) is 5.91. The predicted octanol–water partition coefficient (Wildman–Crippen LogP) is 3.38. The van der Waals surface area contributed by atoms with Gasteiger partial charge in [-0.15, -0.1) is 11.3 Å². The standard InChI is InChI=1S/C20H29N5OS/c1-14-15(2)27-19(25-14)9-11-23-20(21-3)24-13-16-8-10-22-18(12-16)26-17-6-4-5-7-17/h8,10,12,17H,4-7,9,11,13H2,1-3H3,(H2,21,23,24). The van der Waals surface area contributed by atoms with Crippen molar-refractivity contribution in [1.29, 1.82) is 0 Å². The Kier molecular flexibility index (Phi) is 7.04. The monoisotopic (exact) mass is 387 g/mol. The van der Waals surface area contributed by atoms with Gasteiger partial charge in [-0.2, -0.15) is 0 Å². The van der Waals surface area contributed by atoms with E-state index in [9.17, 15) is 0 Å². The maximum absolute atomic E-state index is 5.98. The van der Waals surface area contributed by atoms with Gasteiger partial charge < -0.3 is 15.4 Å². The Balaban J connectivity index is 1.44. The molecule has 0 aliphatic heterocycles. The molecule has 0 saturated heterocycles. The molecule has 1 saturated carbocycles. The van der Waals surface area contributed by atoms with Gasteiger partial charge >= 0.3 is 0 Å². The average Bonchev–Trinajstić information content (AvgIpc) is 3.28. The summed E-state index contributed by atoms with van der Waals surface area (Å²) >= 11 is 1.77. The van der Waals surface area contributed by atoms with Gasteiger partial charge in [0.2, 0.25) is 5.88 Å². The van der Waals surface area contributed by atoms with Gasteiger partial charge in [-0.25, -0.2) is 9.97 Å². The van der Waals surface area contributed by atoms with E-state index in [1.165, 1.54) is 17.7 Å². The van der Waals surface area contributed by atoms with E-state index in [2.05, 4.69) is 39.4 Å². The molecule has 0 unspecified atom stereocenters. The molecule has 2 N–H and O–H groups in total. The number of thiazole rings is 1. The Hall–Kier alpha value is -2.15. The molecule has 27 heavy (non-hydrogen) atoms. The zero-order valence-corrected chi connectivity index (χ0v) is 17.2. The maximum atomic E-state index is 5.98. The van der Waals surface area contributed by atoms with Crippen LogP contribution in [0.3, 0.4) is 0 Å². The molecule has 146 valence electrons. The van der Waals surface area contributed by atoms with E-state index in [0.717, 1.165) is 53.9 Å². The lowest BCUT2D eigenvalue weighted by Gasteiger charge is -2.14. The van der Waals surface area contributed by atoms with Crippen molar-refractivity contribution in [3.05, 3.63) is 39.5 Å². The van der Waals surface area contributed by atoms with Gasteiger partial charge in [0, 0.05) is 43.7 Å². The number of aryl methyl sites for hydroxylation is 2. The van der Waals surface area contributed by atoms with Gasteiger partial charge in [0.1, 0.15) is 6.10 Å². The van der Waals surface area contributed by atoms with Crippen molar-refractivity contribution in [3.63, 3.8) is 0 Å². The van der Waals surface area contributed by atoms with Crippen LogP contribution >= 0.6 is 11.3 Å². The largest absolute Gasteiger partial charge is 0.474 e. The first-order valence-electron chi connectivity index (χ1n) is 9.63. The SMILES string of the molecule is CN=C(NCCc1nc(C)c(C)s1)NCc1ccnc(OC2CCCC2)c1. The number of aliphatic imine (C=N–C) groups is 1. The summed E-state index contributed by atoms with van der Waals surface area (Å²) in [5.74, 6) is 1.51. The van der Waals surface area contributed by atoms with Gasteiger partial charge in [-0.1, -0.05) is 0 Å². The number of rotatable bonds is 7. The molecule has 6 nitrogen and oxygen atoms in total. The molecule has 0 aromatic carbocycles. The first-order chi connectivity index (χ1) is 13.1. The van der Waals surface area contributed by atoms with Crippen molar-refractivity contribution in [1.82, 2.24) is 20.6 Å². The molecule has 3 rings (SSSR count). The van der Waals surface area contributed by atoms with E-state index in [4.69, 9.17) is 4.74 Å². The van der Waals surface area contributed by atoms with Crippen LogP contribution in [0.2, 0.25) is 0 Å². The van der Waals surface area contributed by atoms with Crippen LogP contribution in [0.5, 0.6) is 5.88 Å². The molecular formula is C20H29N5OS. The molecule has 0 amide bonds. The van der Waals surface area contributed by atoms with Crippen LogP contribution in [0.4, 0.5) is 0 Å². The van der Waals surface area contributed by atoms with Crippen LogP contribution in [0, 0.1) is 13.8 Å². The van der Waals surface area contributed by atoms with Crippen LogP contribution in [-0.2, 0) is 13.0 Å². The summed E-state index contributed by atoms with van der Waals surface area (Å²) in [5, 5.41) is 7.86. The van der Waals surface area contributed by atoms with Gasteiger partial charge in [0.25, 0.3) is 0 Å². The lowest BCUT2D eigenvalue weighted by Crippen LogP contribution is -2.37. The third kappa shape index (κ3) is 5.92. The quantitative estimate of drug-likeness (QED) is 0.563. The zero-order valence-electron chi connectivity index (χ0n) is 16.4. The van der Waals surface area contributed by atoms with Crippen LogP contribution in [0.15, 0.2) is 23.3 Å². The Morgan fingerprint density at radius 3 is 2.81 bits per heavy atom. The van der Waals surface area contributed by atoms with Crippen molar-refractivity contribution < 1.29 is 4.74 Å². The molecule has 2 heterocycles. The minimum Gasteiger partial charge on any atom is -0.474 e. The lowest BCUT2D eigenvalue weighted by molar-refractivity contribution is 0.201. The third-order valence-electron chi connectivity index (χ3n) is 4.78. The summed E-state index contributed by atoms with van der Waals surface area (Å²) in [5.41, 5.74) is 2.26. The van der Waals surface area contributed by atoms with E-state index >= 15 is 0 Å². The fraction of sp³-hybridized carbons (Fsp3) is 0.550.